The van der Waals surface area contributed by atoms with Crippen LogP contribution >= 0.6 is 11.8 Å². The fourth-order valence-electron chi connectivity index (χ4n) is 0.980. The van der Waals surface area contributed by atoms with E-state index in [4.69, 9.17) is 4.74 Å². The number of anilines is 1. The summed E-state index contributed by atoms with van der Waals surface area (Å²) in [6.07, 6.45) is 3.40. The molecule has 0 radical (unpaired) electrons. The number of imidazole rings is 1. The monoisotopic (exact) mass is 238 g/mol. The van der Waals surface area contributed by atoms with Gasteiger partial charge in [-0.3, -0.25) is 0 Å². The second-order valence-corrected chi connectivity index (χ2v) is 3.63. The van der Waals surface area contributed by atoms with Gasteiger partial charge in [-0.15, -0.1) is 0 Å². The van der Waals surface area contributed by atoms with E-state index < -0.39 is 0 Å². The number of nitrogens with one attached hydrogen (secondary N) is 2. The zero-order chi connectivity index (χ0) is 11.4. The van der Waals surface area contributed by atoms with Gasteiger partial charge in [-0.1, -0.05) is 0 Å². The maximum atomic E-state index is 4.97. The highest BCUT2D eigenvalue weighted by Crippen LogP contribution is 2.22. The van der Waals surface area contributed by atoms with E-state index >= 15 is 0 Å². The van der Waals surface area contributed by atoms with Gasteiger partial charge in [0.1, 0.15) is 0 Å². The van der Waals surface area contributed by atoms with Crippen molar-refractivity contribution in [2.75, 3.05) is 19.5 Å². The van der Waals surface area contributed by atoms with Crippen molar-refractivity contribution in [3.8, 4) is 6.01 Å². The Kier molecular flexibility index (Phi) is 3.20. The third kappa shape index (κ3) is 2.40. The zero-order valence-corrected chi connectivity index (χ0v) is 9.58. The van der Waals surface area contributed by atoms with Gasteiger partial charge in [-0.2, -0.15) is 15.0 Å². The molecule has 2 rings (SSSR count). The van der Waals surface area contributed by atoms with E-state index in [1.807, 2.05) is 0 Å². The fourth-order valence-corrected chi connectivity index (χ4v) is 1.65. The number of aromatic amines is 1. The smallest absolute Gasteiger partial charge is 0.321 e. The molecule has 0 aliphatic rings. The van der Waals surface area contributed by atoms with Crippen molar-refractivity contribution in [2.45, 2.75) is 10.3 Å². The van der Waals surface area contributed by atoms with Gasteiger partial charge < -0.3 is 15.0 Å². The average molecular weight is 238 g/mol. The molecular formula is C8H10N6OS. The second kappa shape index (κ2) is 4.79. The Bertz CT molecular complexity index is 437. The normalized spacial score (nSPS) is 10.1. The van der Waals surface area contributed by atoms with Crippen LogP contribution in [0.1, 0.15) is 0 Å². The molecule has 2 aromatic rings. The van der Waals surface area contributed by atoms with E-state index in [9.17, 15) is 0 Å². The maximum absolute atomic E-state index is 4.97. The fraction of sp³-hybridized carbons (Fsp3) is 0.250. The summed E-state index contributed by atoms with van der Waals surface area (Å²) < 4.78 is 4.97. The molecule has 16 heavy (non-hydrogen) atoms. The molecule has 0 bridgehead atoms. The second-order valence-electron chi connectivity index (χ2n) is 2.67. The lowest BCUT2D eigenvalue weighted by Crippen LogP contribution is -2.02. The van der Waals surface area contributed by atoms with Gasteiger partial charge in [0.05, 0.1) is 7.11 Å². The molecule has 0 amide bonds. The van der Waals surface area contributed by atoms with E-state index in [-0.39, 0.29) is 6.01 Å². The third-order valence-electron chi connectivity index (χ3n) is 1.66. The first-order valence-electron chi connectivity index (χ1n) is 4.47. The van der Waals surface area contributed by atoms with Crippen LogP contribution in [0.25, 0.3) is 0 Å². The Hall–Kier alpha value is -1.83. The molecule has 0 aliphatic carbocycles. The van der Waals surface area contributed by atoms with Crippen molar-refractivity contribution in [3.05, 3.63) is 12.4 Å². The molecule has 0 atom stereocenters. The number of methoxy groups -OCH3 is 1. The number of hydrogen-bond donors (Lipinski definition) is 2. The van der Waals surface area contributed by atoms with Crippen LogP contribution in [0.2, 0.25) is 0 Å². The molecule has 0 spiro atoms. The van der Waals surface area contributed by atoms with Crippen LogP contribution in [0.5, 0.6) is 6.01 Å². The van der Waals surface area contributed by atoms with Gasteiger partial charge in [0.25, 0.3) is 0 Å². The lowest BCUT2D eigenvalue weighted by atomic mass is 10.9. The summed E-state index contributed by atoms with van der Waals surface area (Å²) in [5.41, 5.74) is 0. The lowest BCUT2D eigenvalue weighted by Gasteiger charge is -2.03. The molecule has 0 saturated heterocycles. The molecule has 8 heteroatoms. The quantitative estimate of drug-likeness (QED) is 0.814. The lowest BCUT2D eigenvalue weighted by molar-refractivity contribution is 0.374. The van der Waals surface area contributed by atoms with E-state index in [0.29, 0.717) is 11.1 Å². The van der Waals surface area contributed by atoms with Gasteiger partial charge >= 0.3 is 6.01 Å². The summed E-state index contributed by atoms with van der Waals surface area (Å²) in [6.45, 7) is 0. The molecule has 0 saturated carbocycles. The van der Waals surface area contributed by atoms with Gasteiger partial charge in [0.2, 0.25) is 11.1 Å². The van der Waals surface area contributed by atoms with Gasteiger partial charge in [0, 0.05) is 19.4 Å². The molecule has 2 heterocycles. The number of H-pyrrole nitrogens is 1. The Labute approximate surface area is 96.1 Å². The first kappa shape index (κ1) is 10.7. The Morgan fingerprint density at radius 3 is 2.88 bits per heavy atom. The van der Waals surface area contributed by atoms with Crippen LogP contribution in [0, 0.1) is 0 Å². The van der Waals surface area contributed by atoms with Crippen LogP contribution < -0.4 is 10.1 Å². The van der Waals surface area contributed by atoms with Gasteiger partial charge in [-0.05, 0) is 11.8 Å². The van der Waals surface area contributed by atoms with E-state index in [2.05, 4.69) is 30.2 Å². The summed E-state index contributed by atoms with van der Waals surface area (Å²) in [4.78, 5) is 19.3. The van der Waals surface area contributed by atoms with Crippen LogP contribution in [0.15, 0.2) is 22.7 Å². The van der Waals surface area contributed by atoms with E-state index in [1.54, 1.807) is 19.4 Å². The third-order valence-corrected chi connectivity index (χ3v) is 2.44. The van der Waals surface area contributed by atoms with Crippen LogP contribution in [-0.4, -0.2) is 39.1 Å². The minimum Gasteiger partial charge on any atom is -0.467 e. The summed E-state index contributed by atoms with van der Waals surface area (Å²) in [6, 6.07) is 0.272. The first-order valence-corrected chi connectivity index (χ1v) is 5.28. The molecule has 0 aliphatic heterocycles. The molecule has 0 aromatic carbocycles. The minimum absolute atomic E-state index is 0.272. The first-order chi connectivity index (χ1) is 7.81. The topological polar surface area (TPSA) is 88.6 Å². The van der Waals surface area contributed by atoms with Crippen molar-refractivity contribution >= 4 is 17.7 Å². The molecular weight excluding hydrogens is 228 g/mol. The summed E-state index contributed by atoms with van der Waals surface area (Å²) >= 11 is 1.30. The highest BCUT2D eigenvalue weighted by molar-refractivity contribution is 7.99. The standard InChI is InChI=1S/C8H10N6OS/c1-9-5-12-6(15-2)14-8(13-5)16-7-10-3-4-11-7/h3-4H,1-2H3,(H,10,11)(H,9,12,13,14). The van der Waals surface area contributed by atoms with Crippen molar-refractivity contribution in [1.29, 1.82) is 0 Å². The number of ether oxygens (including phenoxy) is 1. The Morgan fingerprint density at radius 2 is 2.25 bits per heavy atom. The number of aromatic nitrogens is 5. The summed E-state index contributed by atoms with van der Waals surface area (Å²) in [5, 5.41) is 4.07. The molecule has 0 fully saturated rings. The van der Waals surface area contributed by atoms with E-state index in [0.717, 1.165) is 5.16 Å². The molecule has 2 N–H and O–H groups in total. The number of nitrogens with zero attached hydrogens (tertiary/aromatic N) is 4. The van der Waals surface area contributed by atoms with Crippen molar-refractivity contribution in [2.24, 2.45) is 0 Å². The van der Waals surface area contributed by atoms with Crippen LogP contribution in [-0.2, 0) is 0 Å². The highest BCUT2D eigenvalue weighted by atomic mass is 32.2. The molecule has 2 aromatic heterocycles. The zero-order valence-electron chi connectivity index (χ0n) is 8.76. The molecule has 0 unspecified atom stereocenters. The van der Waals surface area contributed by atoms with Gasteiger partial charge in [0.15, 0.2) is 5.16 Å². The van der Waals surface area contributed by atoms with Crippen molar-refractivity contribution in [1.82, 2.24) is 24.9 Å². The predicted molar refractivity (Wildman–Crippen MR) is 58.6 cm³/mol. The summed E-state index contributed by atoms with van der Waals surface area (Å²) in [5.74, 6) is 0.459. The number of rotatable bonds is 4. The Morgan fingerprint density at radius 1 is 1.38 bits per heavy atom. The SMILES string of the molecule is CNc1nc(OC)nc(Sc2ncc[nH]2)n1. The van der Waals surface area contributed by atoms with Gasteiger partial charge in [-0.25, -0.2) is 4.98 Å². The average Bonchev–Trinajstić information content (AvgIpc) is 2.81. The summed E-state index contributed by atoms with van der Waals surface area (Å²) in [7, 11) is 3.24. The number of hydrogen-bond acceptors (Lipinski definition) is 7. The van der Waals surface area contributed by atoms with Crippen molar-refractivity contribution in [3.63, 3.8) is 0 Å². The molecule has 7 nitrogen and oxygen atoms in total. The van der Waals surface area contributed by atoms with E-state index in [1.165, 1.54) is 18.9 Å². The van der Waals surface area contributed by atoms with Crippen LogP contribution in [0.4, 0.5) is 5.95 Å². The molecule has 84 valence electrons. The minimum atomic E-state index is 0.272. The largest absolute Gasteiger partial charge is 0.467 e. The maximum Gasteiger partial charge on any atom is 0.321 e. The predicted octanol–water partition coefficient (Wildman–Crippen LogP) is 0.796. The highest BCUT2D eigenvalue weighted by Gasteiger charge is 2.08. The Balaban J connectivity index is 2.26. The van der Waals surface area contributed by atoms with Crippen LogP contribution in [0.3, 0.4) is 0 Å². The van der Waals surface area contributed by atoms with Crippen molar-refractivity contribution < 1.29 is 4.74 Å².